The summed E-state index contributed by atoms with van der Waals surface area (Å²) in [7, 11) is 0. The minimum absolute atomic E-state index is 0.247. The van der Waals surface area contributed by atoms with Gasteiger partial charge in [-0.1, -0.05) is 25.7 Å². The second-order valence-electron chi connectivity index (χ2n) is 5.19. The zero-order valence-corrected chi connectivity index (χ0v) is 12.7. The highest BCUT2D eigenvalue weighted by Gasteiger charge is 2.32. The van der Waals surface area contributed by atoms with Gasteiger partial charge < -0.3 is 5.32 Å². The van der Waals surface area contributed by atoms with Gasteiger partial charge in [-0.25, -0.2) is 4.39 Å². The minimum Gasteiger partial charge on any atom is -0.334 e. The van der Waals surface area contributed by atoms with Gasteiger partial charge in [0.1, 0.15) is 11.4 Å². The fourth-order valence-electron chi connectivity index (χ4n) is 2.52. The first-order valence-electron chi connectivity index (χ1n) is 6.75. The Morgan fingerprint density at radius 3 is 2.50 bits per heavy atom. The molecule has 5 heteroatoms. The normalized spacial score (nSPS) is 17.9. The highest BCUT2D eigenvalue weighted by atomic mass is 79.9. The van der Waals surface area contributed by atoms with E-state index in [0.717, 1.165) is 25.7 Å². The molecule has 1 aliphatic carbocycles. The quantitative estimate of drug-likeness (QED) is 0.830. The highest BCUT2D eigenvalue weighted by Crippen LogP contribution is 2.27. The second-order valence-corrected chi connectivity index (χ2v) is 6.05. The Hall–Kier alpha value is -1.41. The van der Waals surface area contributed by atoms with Crippen LogP contribution in [0, 0.1) is 17.1 Å². The first-order valence-corrected chi connectivity index (χ1v) is 7.54. The number of nitriles is 1. The SMILES string of the molecule is N#CC1(NC(=O)c2ccc(F)c(Br)c2)CCCCCC1. The fourth-order valence-corrected chi connectivity index (χ4v) is 2.90. The first kappa shape index (κ1) is 15.0. The zero-order valence-electron chi connectivity index (χ0n) is 11.1. The topological polar surface area (TPSA) is 52.9 Å². The third kappa shape index (κ3) is 3.37. The molecule has 1 aromatic rings. The number of amides is 1. The molecule has 0 aliphatic heterocycles. The number of carbonyl (C=O) groups is 1. The molecule has 0 aromatic heterocycles. The standard InChI is InChI=1S/C15H16BrFN2O/c16-12-9-11(5-6-13(12)17)14(20)19-15(10-18)7-3-1-2-4-8-15/h5-6,9H,1-4,7-8H2,(H,19,20). The Morgan fingerprint density at radius 1 is 1.30 bits per heavy atom. The monoisotopic (exact) mass is 338 g/mol. The first-order chi connectivity index (χ1) is 9.56. The maximum atomic E-state index is 13.2. The molecule has 1 aromatic carbocycles. The van der Waals surface area contributed by atoms with Gasteiger partial charge in [0, 0.05) is 5.56 Å². The van der Waals surface area contributed by atoms with Crippen molar-refractivity contribution < 1.29 is 9.18 Å². The molecule has 1 amide bonds. The van der Waals surface area contributed by atoms with Crippen molar-refractivity contribution in [2.45, 2.75) is 44.1 Å². The molecule has 2 rings (SSSR count). The van der Waals surface area contributed by atoms with Crippen LogP contribution in [0.3, 0.4) is 0 Å². The van der Waals surface area contributed by atoms with Crippen LogP contribution in [-0.2, 0) is 0 Å². The third-order valence-electron chi connectivity index (χ3n) is 3.71. The Bertz CT molecular complexity index is 545. The van der Waals surface area contributed by atoms with Crippen molar-refractivity contribution in [1.82, 2.24) is 5.32 Å². The van der Waals surface area contributed by atoms with Crippen molar-refractivity contribution >= 4 is 21.8 Å². The number of hydrogen-bond acceptors (Lipinski definition) is 2. The molecule has 0 heterocycles. The van der Waals surface area contributed by atoms with Crippen molar-refractivity contribution in [2.24, 2.45) is 0 Å². The average molecular weight is 339 g/mol. The van der Waals surface area contributed by atoms with E-state index in [9.17, 15) is 14.4 Å². The van der Waals surface area contributed by atoms with Gasteiger partial charge in [-0.2, -0.15) is 5.26 Å². The lowest BCUT2D eigenvalue weighted by Crippen LogP contribution is -2.47. The van der Waals surface area contributed by atoms with Crippen molar-refractivity contribution in [3.8, 4) is 6.07 Å². The number of nitrogens with one attached hydrogen (secondary N) is 1. The predicted octanol–water partition coefficient (Wildman–Crippen LogP) is 3.93. The summed E-state index contributed by atoms with van der Waals surface area (Å²) in [4.78, 5) is 12.2. The van der Waals surface area contributed by atoms with Crippen LogP contribution in [0.15, 0.2) is 22.7 Å². The number of hydrogen-bond donors (Lipinski definition) is 1. The zero-order chi connectivity index (χ0) is 14.6. The van der Waals surface area contributed by atoms with Crippen molar-refractivity contribution in [2.75, 3.05) is 0 Å². The molecule has 3 nitrogen and oxygen atoms in total. The van der Waals surface area contributed by atoms with Crippen LogP contribution in [0.25, 0.3) is 0 Å². The van der Waals surface area contributed by atoms with Gasteiger partial charge in [0.25, 0.3) is 5.91 Å². The summed E-state index contributed by atoms with van der Waals surface area (Å²) in [5.41, 5.74) is -0.425. The molecule has 1 saturated carbocycles. The molecule has 0 bridgehead atoms. The lowest BCUT2D eigenvalue weighted by atomic mass is 9.91. The van der Waals surface area contributed by atoms with Crippen LogP contribution in [0.4, 0.5) is 4.39 Å². The van der Waals surface area contributed by atoms with E-state index in [-0.39, 0.29) is 10.4 Å². The minimum atomic E-state index is -0.783. The Balaban J connectivity index is 2.16. The molecular formula is C15H16BrFN2O. The van der Waals surface area contributed by atoms with Crippen molar-refractivity contribution in [3.63, 3.8) is 0 Å². The van der Waals surface area contributed by atoms with E-state index >= 15 is 0 Å². The third-order valence-corrected chi connectivity index (χ3v) is 4.31. The smallest absolute Gasteiger partial charge is 0.252 e. The van der Waals surface area contributed by atoms with Gasteiger partial charge in [0.05, 0.1) is 10.5 Å². The lowest BCUT2D eigenvalue weighted by molar-refractivity contribution is 0.0913. The molecule has 0 saturated heterocycles. The van der Waals surface area contributed by atoms with Crippen molar-refractivity contribution in [3.05, 3.63) is 34.1 Å². The summed E-state index contributed by atoms with van der Waals surface area (Å²) in [5, 5.41) is 12.3. The number of halogens is 2. The van der Waals surface area contributed by atoms with Gasteiger partial charge in [-0.05, 0) is 47.0 Å². The molecule has 1 aliphatic rings. The molecule has 0 atom stereocenters. The van der Waals surface area contributed by atoms with E-state index in [1.807, 2.05) is 0 Å². The van der Waals surface area contributed by atoms with Gasteiger partial charge in [-0.15, -0.1) is 0 Å². The van der Waals surface area contributed by atoms with Gasteiger partial charge in [0.2, 0.25) is 0 Å². The summed E-state index contributed by atoms with van der Waals surface area (Å²) in [5.74, 6) is -0.736. The molecule has 0 radical (unpaired) electrons. The molecular weight excluding hydrogens is 323 g/mol. The van der Waals surface area contributed by atoms with Crippen LogP contribution in [0.5, 0.6) is 0 Å². The van der Waals surface area contributed by atoms with E-state index in [2.05, 4.69) is 27.3 Å². The maximum Gasteiger partial charge on any atom is 0.252 e. The Labute approximate surface area is 126 Å². The Kier molecular flexibility index (Phi) is 4.77. The van der Waals surface area contributed by atoms with Gasteiger partial charge in [-0.3, -0.25) is 4.79 Å². The summed E-state index contributed by atoms with van der Waals surface area (Å²) in [6, 6.07) is 6.37. The van der Waals surface area contributed by atoms with Crippen molar-refractivity contribution in [1.29, 1.82) is 5.26 Å². The second kappa shape index (κ2) is 6.36. The van der Waals surface area contributed by atoms with Crippen LogP contribution >= 0.6 is 15.9 Å². The summed E-state index contributed by atoms with van der Waals surface area (Å²) < 4.78 is 13.4. The molecule has 1 N–H and O–H groups in total. The summed E-state index contributed by atoms with van der Waals surface area (Å²) in [6.07, 6.45) is 5.44. The average Bonchev–Trinajstić information content (AvgIpc) is 2.68. The van der Waals surface area contributed by atoms with E-state index in [1.165, 1.54) is 18.2 Å². The van der Waals surface area contributed by atoms with Crippen LogP contribution in [0.1, 0.15) is 48.9 Å². The Morgan fingerprint density at radius 2 is 1.95 bits per heavy atom. The fraction of sp³-hybridized carbons (Fsp3) is 0.467. The molecule has 20 heavy (non-hydrogen) atoms. The molecule has 0 spiro atoms. The number of benzene rings is 1. The van der Waals surface area contributed by atoms with E-state index in [1.54, 1.807) is 0 Å². The lowest BCUT2D eigenvalue weighted by Gasteiger charge is -2.26. The number of rotatable bonds is 2. The van der Waals surface area contributed by atoms with Crippen LogP contribution in [-0.4, -0.2) is 11.4 Å². The number of nitrogens with zero attached hydrogens (tertiary/aromatic N) is 1. The van der Waals surface area contributed by atoms with E-state index < -0.39 is 11.4 Å². The van der Waals surface area contributed by atoms with Gasteiger partial charge >= 0.3 is 0 Å². The molecule has 1 fully saturated rings. The molecule has 106 valence electrons. The number of carbonyl (C=O) groups excluding carboxylic acids is 1. The summed E-state index contributed by atoms with van der Waals surface area (Å²) >= 11 is 3.06. The van der Waals surface area contributed by atoms with E-state index in [0.29, 0.717) is 18.4 Å². The predicted molar refractivity (Wildman–Crippen MR) is 77.6 cm³/mol. The summed E-state index contributed by atoms with van der Waals surface area (Å²) in [6.45, 7) is 0. The maximum absolute atomic E-state index is 13.2. The van der Waals surface area contributed by atoms with Gasteiger partial charge in [0.15, 0.2) is 0 Å². The largest absolute Gasteiger partial charge is 0.334 e. The van der Waals surface area contributed by atoms with Crippen LogP contribution < -0.4 is 5.32 Å². The van der Waals surface area contributed by atoms with E-state index in [4.69, 9.17) is 0 Å². The highest BCUT2D eigenvalue weighted by molar-refractivity contribution is 9.10. The van der Waals surface area contributed by atoms with Crippen LogP contribution in [0.2, 0.25) is 0 Å². The molecule has 0 unspecified atom stereocenters.